The first-order chi connectivity index (χ1) is 9.74. The number of aryl methyl sites for hydroxylation is 1. The van der Waals surface area contributed by atoms with Crippen molar-refractivity contribution in [3.8, 4) is 11.3 Å². The predicted octanol–water partition coefficient (Wildman–Crippen LogP) is 3.96. The summed E-state index contributed by atoms with van der Waals surface area (Å²) in [6.07, 6.45) is 1.65. The number of thiazole rings is 1. The van der Waals surface area contributed by atoms with Crippen molar-refractivity contribution in [2.45, 2.75) is 6.92 Å². The number of nitrogens with zero attached hydrogens (tertiary/aromatic N) is 1. The summed E-state index contributed by atoms with van der Waals surface area (Å²) < 4.78 is 5.66. The number of carbonyl (C=O) groups is 1. The Hall–Kier alpha value is -2.40. The molecule has 0 aliphatic rings. The fraction of sp³-hybridized carbons (Fsp3) is 0.0667. The van der Waals surface area contributed by atoms with Gasteiger partial charge in [-0.05, 0) is 13.0 Å². The number of hydrogen-bond donors (Lipinski definition) is 1. The normalized spacial score (nSPS) is 10.4. The fourth-order valence-corrected chi connectivity index (χ4v) is 2.43. The number of hydrogen-bond acceptors (Lipinski definition) is 4. The number of aromatic nitrogens is 1. The summed E-state index contributed by atoms with van der Waals surface area (Å²) in [7, 11) is 0. The molecule has 3 aromatic rings. The van der Waals surface area contributed by atoms with E-state index in [1.54, 1.807) is 19.2 Å². The van der Waals surface area contributed by atoms with Gasteiger partial charge in [0.05, 0.1) is 5.56 Å². The highest BCUT2D eigenvalue weighted by Crippen LogP contribution is 2.26. The van der Waals surface area contributed by atoms with Gasteiger partial charge in [-0.3, -0.25) is 10.1 Å². The number of benzene rings is 1. The Bertz CT molecular complexity index is 718. The first kappa shape index (κ1) is 12.6. The molecule has 0 saturated carbocycles. The van der Waals surface area contributed by atoms with Gasteiger partial charge in [0, 0.05) is 17.1 Å². The van der Waals surface area contributed by atoms with Crippen LogP contribution >= 0.6 is 11.3 Å². The Balaban J connectivity index is 1.88. The summed E-state index contributed by atoms with van der Waals surface area (Å²) in [5.41, 5.74) is 1.47. The minimum atomic E-state index is -0.205. The van der Waals surface area contributed by atoms with Crippen LogP contribution in [0.2, 0.25) is 0 Å². The summed E-state index contributed by atoms with van der Waals surface area (Å²) in [6.45, 7) is 1.78. The Kier molecular flexibility index (Phi) is 3.35. The van der Waals surface area contributed by atoms with Crippen molar-refractivity contribution in [2.24, 2.45) is 0 Å². The van der Waals surface area contributed by atoms with E-state index in [9.17, 15) is 4.79 Å². The number of nitrogens with one attached hydrogen (secondary N) is 1. The second-order valence-electron chi connectivity index (χ2n) is 4.24. The van der Waals surface area contributed by atoms with Crippen LogP contribution in [0.3, 0.4) is 0 Å². The maximum atomic E-state index is 12.2. The van der Waals surface area contributed by atoms with Gasteiger partial charge in [0.25, 0.3) is 5.91 Å². The van der Waals surface area contributed by atoms with Gasteiger partial charge in [0.15, 0.2) is 5.13 Å². The van der Waals surface area contributed by atoms with E-state index in [0.717, 1.165) is 5.56 Å². The van der Waals surface area contributed by atoms with E-state index in [4.69, 9.17) is 4.42 Å². The molecule has 1 N–H and O–H groups in total. The van der Waals surface area contributed by atoms with Crippen LogP contribution in [0.25, 0.3) is 11.3 Å². The van der Waals surface area contributed by atoms with Gasteiger partial charge in [-0.1, -0.05) is 30.3 Å². The Labute approximate surface area is 120 Å². The molecule has 0 radical (unpaired) electrons. The molecule has 1 aromatic carbocycles. The number of carbonyl (C=O) groups excluding carboxylic acids is 1. The van der Waals surface area contributed by atoms with Crippen LogP contribution in [0.1, 0.15) is 16.1 Å². The quantitative estimate of drug-likeness (QED) is 0.792. The van der Waals surface area contributed by atoms with Crippen molar-refractivity contribution in [3.63, 3.8) is 0 Å². The van der Waals surface area contributed by atoms with Crippen molar-refractivity contribution in [1.29, 1.82) is 0 Å². The van der Waals surface area contributed by atoms with Crippen LogP contribution in [0.5, 0.6) is 0 Å². The zero-order valence-electron chi connectivity index (χ0n) is 10.8. The van der Waals surface area contributed by atoms with E-state index in [0.29, 0.717) is 22.2 Å². The molecule has 1 amide bonds. The molecule has 0 spiro atoms. The SMILES string of the molecule is Cc1oc(-c2ccccc2)cc1C(=O)Nc1nccs1. The third-order valence-electron chi connectivity index (χ3n) is 2.87. The lowest BCUT2D eigenvalue weighted by Crippen LogP contribution is -2.11. The van der Waals surface area contributed by atoms with Gasteiger partial charge in [-0.15, -0.1) is 11.3 Å². The molecular weight excluding hydrogens is 272 g/mol. The maximum Gasteiger partial charge on any atom is 0.261 e. The molecule has 0 unspecified atom stereocenters. The van der Waals surface area contributed by atoms with E-state index < -0.39 is 0 Å². The topological polar surface area (TPSA) is 55.1 Å². The highest BCUT2D eigenvalue weighted by atomic mass is 32.1. The Morgan fingerprint density at radius 2 is 2.10 bits per heavy atom. The first-order valence-corrected chi connectivity index (χ1v) is 6.99. The van der Waals surface area contributed by atoms with E-state index in [1.807, 2.05) is 35.7 Å². The smallest absolute Gasteiger partial charge is 0.261 e. The average molecular weight is 284 g/mol. The molecule has 4 nitrogen and oxygen atoms in total. The number of amides is 1. The van der Waals surface area contributed by atoms with E-state index in [2.05, 4.69) is 10.3 Å². The molecule has 2 heterocycles. The first-order valence-electron chi connectivity index (χ1n) is 6.11. The summed E-state index contributed by atoms with van der Waals surface area (Å²) >= 11 is 1.38. The Morgan fingerprint density at radius 1 is 1.30 bits per heavy atom. The van der Waals surface area contributed by atoms with Crippen LogP contribution in [0.15, 0.2) is 52.4 Å². The number of furan rings is 1. The summed E-state index contributed by atoms with van der Waals surface area (Å²) in [5, 5.41) is 5.15. The molecule has 5 heteroatoms. The Morgan fingerprint density at radius 3 is 2.80 bits per heavy atom. The van der Waals surface area contributed by atoms with Crippen LogP contribution in [0.4, 0.5) is 5.13 Å². The van der Waals surface area contributed by atoms with Crippen LogP contribution < -0.4 is 5.32 Å². The molecule has 0 aliphatic carbocycles. The molecule has 0 atom stereocenters. The third-order valence-corrected chi connectivity index (χ3v) is 3.56. The highest BCUT2D eigenvalue weighted by molar-refractivity contribution is 7.13. The van der Waals surface area contributed by atoms with Gasteiger partial charge >= 0.3 is 0 Å². The second-order valence-corrected chi connectivity index (χ2v) is 5.13. The molecule has 100 valence electrons. The standard InChI is InChI=1S/C15H12N2O2S/c1-10-12(14(18)17-15-16-7-8-20-15)9-13(19-10)11-5-3-2-4-6-11/h2-9H,1H3,(H,16,17,18). The van der Waals surface area contributed by atoms with Crippen molar-refractivity contribution in [1.82, 2.24) is 4.98 Å². The largest absolute Gasteiger partial charge is 0.461 e. The second kappa shape index (κ2) is 5.30. The van der Waals surface area contributed by atoms with Gasteiger partial charge in [0.2, 0.25) is 0 Å². The minimum absolute atomic E-state index is 0.205. The lowest BCUT2D eigenvalue weighted by molar-refractivity contribution is 0.102. The van der Waals surface area contributed by atoms with Crippen molar-refractivity contribution in [3.05, 3.63) is 59.3 Å². The van der Waals surface area contributed by atoms with Crippen molar-refractivity contribution in [2.75, 3.05) is 5.32 Å². The van der Waals surface area contributed by atoms with Crippen molar-refractivity contribution >= 4 is 22.4 Å². The summed E-state index contributed by atoms with van der Waals surface area (Å²) in [5.74, 6) is 1.08. The molecule has 3 rings (SSSR count). The predicted molar refractivity (Wildman–Crippen MR) is 78.9 cm³/mol. The molecule has 20 heavy (non-hydrogen) atoms. The van der Waals surface area contributed by atoms with E-state index >= 15 is 0 Å². The van der Waals surface area contributed by atoms with Crippen LogP contribution in [-0.4, -0.2) is 10.9 Å². The average Bonchev–Trinajstić information content (AvgIpc) is 3.09. The van der Waals surface area contributed by atoms with Gasteiger partial charge in [-0.25, -0.2) is 4.98 Å². The summed E-state index contributed by atoms with van der Waals surface area (Å²) in [4.78, 5) is 16.2. The van der Waals surface area contributed by atoms with Gasteiger partial charge in [0.1, 0.15) is 11.5 Å². The molecule has 0 saturated heterocycles. The monoisotopic (exact) mass is 284 g/mol. The molecule has 0 bridgehead atoms. The molecule has 0 aliphatic heterocycles. The van der Waals surface area contributed by atoms with Gasteiger partial charge < -0.3 is 4.42 Å². The zero-order chi connectivity index (χ0) is 13.9. The molecular formula is C15H12N2O2S. The number of rotatable bonds is 3. The number of anilines is 1. The maximum absolute atomic E-state index is 12.2. The lowest BCUT2D eigenvalue weighted by atomic mass is 10.1. The zero-order valence-corrected chi connectivity index (χ0v) is 11.6. The van der Waals surface area contributed by atoms with Crippen LogP contribution in [0, 0.1) is 6.92 Å². The lowest BCUT2D eigenvalue weighted by Gasteiger charge is -1.98. The van der Waals surface area contributed by atoms with Gasteiger partial charge in [-0.2, -0.15) is 0 Å². The third kappa shape index (κ3) is 2.48. The molecule has 0 fully saturated rings. The molecule has 2 aromatic heterocycles. The van der Waals surface area contributed by atoms with Crippen LogP contribution in [-0.2, 0) is 0 Å². The minimum Gasteiger partial charge on any atom is -0.461 e. The fourth-order valence-electron chi connectivity index (χ4n) is 1.90. The summed E-state index contributed by atoms with van der Waals surface area (Å²) in [6, 6.07) is 11.5. The van der Waals surface area contributed by atoms with E-state index in [-0.39, 0.29) is 5.91 Å². The van der Waals surface area contributed by atoms with Crippen molar-refractivity contribution < 1.29 is 9.21 Å². The highest BCUT2D eigenvalue weighted by Gasteiger charge is 2.16. The van der Waals surface area contributed by atoms with E-state index in [1.165, 1.54) is 11.3 Å².